The number of anilines is 1. The van der Waals surface area contributed by atoms with E-state index in [1.165, 1.54) is 0 Å². The lowest BCUT2D eigenvalue weighted by Gasteiger charge is -2.27. The van der Waals surface area contributed by atoms with Gasteiger partial charge < -0.3 is 20.6 Å². The molecule has 1 saturated heterocycles. The Kier molecular flexibility index (Phi) is 4.39. The normalized spacial score (nSPS) is 25.1. The summed E-state index contributed by atoms with van der Waals surface area (Å²) in [7, 11) is 4.10. The van der Waals surface area contributed by atoms with Crippen molar-refractivity contribution < 1.29 is 5.11 Å². The first-order valence-electron chi connectivity index (χ1n) is 6.78. The first-order chi connectivity index (χ1) is 8.97. The van der Waals surface area contributed by atoms with Gasteiger partial charge in [0.1, 0.15) is 5.82 Å². The number of aromatic nitrogens is 1. The van der Waals surface area contributed by atoms with Crippen LogP contribution in [0, 0.1) is 0 Å². The molecule has 0 spiro atoms. The van der Waals surface area contributed by atoms with Crippen molar-refractivity contribution in [2.75, 3.05) is 32.1 Å². The average Bonchev–Trinajstić information content (AvgIpc) is 2.69. The molecule has 0 amide bonds. The van der Waals surface area contributed by atoms with Crippen LogP contribution in [0.1, 0.15) is 24.9 Å². The Morgan fingerprint density at radius 2 is 2.26 bits per heavy atom. The molecule has 1 aromatic rings. The second-order valence-corrected chi connectivity index (χ2v) is 5.70. The SMILES string of the molecule is C[C@H](N)c1ccc(N2CC(O)CC2CN(C)C)nc1. The molecule has 0 saturated carbocycles. The van der Waals surface area contributed by atoms with Crippen molar-refractivity contribution in [2.45, 2.75) is 31.5 Å². The van der Waals surface area contributed by atoms with Gasteiger partial charge in [0.15, 0.2) is 0 Å². The van der Waals surface area contributed by atoms with Crippen LogP contribution in [0.4, 0.5) is 5.82 Å². The molecule has 0 aliphatic carbocycles. The first kappa shape index (κ1) is 14.2. The molecule has 2 unspecified atom stereocenters. The fourth-order valence-electron chi connectivity index (χ4n) is 2.60. The molecule has 5 nitrogen and oxygen atoms in total. The summed E-state index contributed by atoms with van der Waals surface area (Å²) in [6.45, 7) is 3.53. The van der Waals surface area contributed by atoms with Gasteiger partial charge in [-0.15, -0.1) is 0 Å². The van der Waals surface area contributed by atoms with Crippen LogP contribution in [0.25, 0.3) is 0 Å². The lowest BCUT2D eigenvalue weighted by molar-refractivity contribution is 0.191. The van der Waals surface area contributed by atoms with Crippen molar-refractivity contribution in [1.29, 1.82) is 0 Å². The lowest BCUT2D eigenvalue weighted by atomic mass is 10.1. The van der Waals surface area contributed by atoms with Gasteiger partial charge in [0.2, 0.25) is 0 Å². The maximum atomic E-state index is 9.88. The van der Waals surface area contributed by atoms with Gasteiger partial charge in [-0.25, -0.2) is 4.98 Å². The topological polar surface area (TPSA) is 65.6 Å². The lowest BCUT2D eigenvalue weighted by Crippen LogP contribution is -2.38. The van der Waals surface area contributed by atoms with Crippen LogP contribution in [0.2, 0.25) is 0 Å². The van der Waals surface area contributed by atoms with Crippen molar-refractivity contribution in [3.05, 3.63) is 23.9 Å². The summed E-state index contributed by atoms with van der Waals surface area (Å²) in [6, 6.07) is 4.34. The molecule has 3 N–H and O–H groups in total. The molecule has 5 heteroatoms. The summed E-state index contributed by atoms with van der Waals surface area (Å²) in [5, 5.41) is 9.88. The van der Waals surface area contributed by atoms with Gasteiger partial charge >= 0.3 is 0 Å². The Labute approximate surface area is 115 Å². The number of hydrogen-bond donors (Lipinski definition) is 2. The molecule has 106 valence electrons. The fraction of sp³-hybridized carbons (Fsp3) is 0.643. The van der Waals surface area contributed by atoms with E-state index in [4.69, 9.17) is 5.73 Å². The number of aliphatic hydroxyl groups is 1. The van der Waals surface area contributed by atoms with Gasteiger partial charge in [-0.2, -0.15) is 0 Å². The van der Waals surface area contributed by atoms with Crippen LogP contribution in [-0.2, 0) is 0 Å². The molecule has 1 aliphatic heterocycles. The molecule has 3 atom stereocenters. The summed E-state index contributed by atoms with van der Waals surface area (Å²) in [5.41, 5.74) is 6.87. The third-order valence-electron chi connectivity index (χ3n) is 3.56. The van der Waals surface area contributed by atoms with E-state index in [1.54, 1.807) is 0 Å². The van der Waals surface area contributed by atoms with Crippen LogP contribution in [0.3, 0.4) is 0 Å². The Bertz CT molecular complexity index is 404. The zero-order chi connectivity index (χ0) is 14.0. The monoisotopic (exact) mass is 264 g/mol. The predicted octanol–water partition coefficient (Wildman–Crippen LogP) is 0.603. The number of nitrogens with two attached hydrogens (primary N) is 1. The van der Waals surface area contributed by atoms with Gasteiger partial charge in [0.25, 0.3) is 0 Å². The van der Waals surface area contributed by atoms with Crippen molar-refractivity contribution in [3.63, 3.8) is 0 Å². The molecule has 0 aromatic carbocycles. The highest BCUT2D eigenvalue weighted by atomic mass is 16.3. The number of hydrogen-bond acceptors (Lipinski definition) is 5. The van der Waals surface area contributed by atoms with E-state index >= 15 is 0 Å². The number of rotatable bonds is 4. The van der Waals surface area contributed by atoms with Gasteiger partial charge in [-0.05, 0) is 39.1 Å². The smallest absolute Gasteiger partial charge is 0.128 e. The Morgan fingerprint density at radius 3 is 2.79 bits per heavy atom. The number of nitrogens with zero attached hydrogens (tertiary/aromatic N) is 3. The molecule has 0 bridgehead atoms. The molecular formula is C14H24N4O. The quantitative estimate of drug-likeness (QED) is 0.834. The standard InChI is InChI=1S/C14H24N4O/c1-10(15)11-4-5-14(16-7-11)18-9-13(19)6-12(18)8-17(2)3/h4-5,7,10,12-13,19H,6,8-9,15H2,1-3H3/t10-,12?,13?/m0/s1. The maximum Gasteiger partial charge on any atom is 0.128 e. The average molecular weight is 264 g/mol. The number of pyridine rings is 1. The van der Waals surface area contributed by atoms with Crippen molar-refractivity contribution >= 4 is 5.82 Å². The van der Waals surface area contributed by atoms with E-state index < -0.39 is 0 Å². The van der Waals surface area contributed by atoms with E-state index in [-0.39, 0.29) is 12.1 Å². The zero-order valence-electron chi connectivity index (χ0n) is 12.0. The van der Waals surface area contributed by atoms with Crippen molar-refractivity contribution in [1.82, 2.24) is 9.88 Å². The zero-order valence-corrected chi connectivity index (χ0v) is 12.0. The number of likely N-dealkylation sites (N-methyl/N-ethyl adjacent to an activating group) is 1. The van der Waals surface area contributed by atoms with E-state index in [0.29, 0.717) is 12.6 Å². The number of aliphatic hydroxyl groups excluding tert-OH is 1. The molecule has 2 heterocycles. The second-order valence-electron chi connectivity index (χ2n) is 5.70. The highest BCUT2D eigenvalue weighted by molar-refractivity contribution is 5.43. The molecule has 1 fully saturated rings. The third kappa shape index (κ3) is 3.43. The number of β-amino-alcohol motifs (C(OH)–C–C–N with tert-alkyl or cyclic N) is 1. The van der Waals surface area contributed by atoms with Gasteiger partial charge in [-0.3, -0.25) is 0 Å². The minimum Gasteiger partial charge on any atom is -0.391 e. The first-order valence-corrected chi connectivity index (χ1v) is 6.78. The van der Waals surface area contributed by atoms with Gasteiger partial charge in [0.05, 0.1) is 6.10 Å². The highest BCUT2D eigenvalue weighted by Gasteiger charge is 2.31. The van der Waals surface area contributed by atoms with E-state index in [2.05, 4.69) is 28.9 Å². The van der Waals surface area contributed by atoms with Crippen LogP contribution in [0.5, 0.6) is 0 Å². The predicted molar refractivity (Wildman–Crippen MR) is 77.2 cm³/mol. The minimum absolute atomic E-state index is 0.00305. The van der Waals surface area contributed by atoms with Gasteiger partial charge in [-0.1, -0.05) is 6.07 Å². The second kappa shape index (κ2) is 5.86. The molecule has 1 aromatic heterocycles. The van der Waals surface area contributed by atoms with Gasteiger partial charge in [0, 0.05) is 31.4 Å². The van der Waals surface area contributed by atoms with Crippen LogP contribution in [-0.4, -0.2) is 54.3 Å². The molecule has 1 aliphatic rings. The summed E-state index contributed by atoms with van der Waals surface area (Å²) in [5.74, 6) is 0.924. The molecule has 0 radical (unpaired) electrons. The van der Waals surface area contributed by atoms with E-state index in [0.717, 1.165) is 24.3 Å². The fourth-order valence-corrected chi connectivity index (χ4v) is 2.60. The van der Waals surface area contributed by atoms with Crippen LogP contribution < -0.4 is 10.6 Å². The Morgan fingerprint density at radius 1 is 1.53 bits per heavy atom. The highest BCUT2D eigenvalue weighted by Crippen LogP contribution is 2.25. The molecule has 2 rings (SSSR count). The van der Waals surface area contributed by atoms with E-state index in [9.17, 15) is 5.11 Å². The van der Waals surface area contributed by atoms with Crippen LogP contribution in [0.15, 0.2) is 18.3 Å². The Hall–Kier alpha value is -1.17. The third-order valence-corrected chi connectivity index (χ3v) is 3.56. The summed E-state index contributed by atoms with van der Waals surface area (Å²) in [4.78, 5) is 8.83. The summed E-state index contributed by atoms with van der Waals surface area (Å²) >= 11 is 0. The summed E-state index contributed by atoms with van der Waals surface area (Å²) < 4.78 is 0. The van der Waals surface area contributed by atoms with E-state index in [1.807, 2.05) is 25.3 Å². The minimum atomic E-state index is -0.264. The largest absolute Gasteiger partial charge is 0.391 e. The van der Waals surface area contributed by atoms with Crippen molar-refractivity contribution in [2.24, 2.45) is 5.73 Å². The maximum absolute atomic E-state index is 9.88. The van der Waals surface area contributed by atoms with Crippen LogP contribution >= 0.6 is 0 Å². The molecular weight excluding hydrogens is 240 g/mol. The Balaban J connectivity index is 2.14. The molecule has 19 heavy (non-hydrogen) atoms. The summed E-state index contributed by atoms with van der Waals surface area (Å²) in [6.07, 6.45) is 2.37. The van der Waals surface area contributed by atoms with Crippen molar-refractivity contribution in [3.8, 4) is 0 Å².